The van der Waals surface area contributed by atoms with Gasteiger partial charge in [0.2, 0.25) is 5.78 Å². The number of amides is 1. The normalized spacial score (nSPS) is 28.1. The van der Waals surface area contributed by atoms with E-state index in [1.54, 1.807) is 0 Å². The monoisotopic (exact) mass is 546 g/mol. The van der Waals surface area contributed by atoms with Crippen LogP contribution in [0.1, 0.15) is 22.3 Å². The molecule has 0 aliphatic heterocycles. The summed E-state index contributed by atoms with van der Waals surface area (Å²) in [6.07, 6.45) is -0.296. The first kappa shape index (κ1) is 26.6. The minimum atomic E-state index is -6.16. The fourth-order valence-electron chi connectivity index (χ4n) is 5.41. The molecule has 3 aliphatic carbocycles. The minimum absolute atomic E-state index is 0.105. The van der Waals surface area contributed by atoms with Crippen LogP contribution in [0, 0.1) is 11.8 Å². The molecular weight excluding hydrogens is 525 g/mol. The number of fused-ring (bicyclic) bond motifs is 3. The van der Waals surface area contributed by atoms with Gasteiger partial charge in [-0.1, -0.05) is 12.1 Å². The zero-order chi connectivity index (χ0) is 27.8. The number of allylic oxidation sites excluding steroid dienone is 1. The third-order valence-corrected chi connectivity index (χ3v) is 7.89. The molecule has 0 spiro atoms. The Kier molecular flexibility index (Phi) is 5.97. The van der Waals surface area contributed by atoms with E-state index in [0.717, 1.165) is 6.07 Å². The number of rotatable bonds is 4. The number of hydrogen-bond donors (Lipinski definition) is 4. The summed E-state index contributed by atoms with van der Waals surface area (Å²) in [6.45, 7) is 0. The molecule has 200 valence electrons. The molecule has 1 amide bonds. The quantitative estimate of drug-likeness (QED) is 0.237. The van der Waals surface area contributed by atoms with Crippen LogP contribution in [0.2, 0.25) is 0 Å². The lowest BCUT2D eigenvalue weighted by Crippen LogP contribution is -2.63. The van der Waals surface area contributed by atoms with Crippen molar-refractivity contribution in [1.29, 1.82) is 0 Å². The zero-order valence-electron chi connectivity index (χ0n) is 19.2. The second-order valence-electron chi connectivity index (χ2n) is 9.24. The number of carbonyl (C=O) groups is 3. The van der Waals surface area contributed by atoms with E-state index in [0.29, 0.717) is 0 Å². The van der Waals surface area contributed by atoms with E-state index in [2.05, 4.69) is 4.18 Å². The Hall–Kier alpha value is -3.43. The molecule has 2 unspecified atom stereocenters. The maximum Gasteiger partial charge on any atom is 0.534 e. The van der Waals surface area contributed by atoms with Crippen molar-refractivity contribution >= 4 is 27.6 Å². The number of halogens is 3. The predicted octanol–water partition coefficient (Wildman–Crippen LogP) is 0.643. The van der Waals surface area contributed by atoms with Gasteiger partial charge in [0, 0.05) is 11.5 Å². The van der Waals surface area contributed by atoms with Crippen LogP contribution < -0.4 is 9.92 Å². The van der Waals surface area contributed by atoms with Gasteiger partial charge in [-0.25, -0.2) is 0 Å². The molecule has 1 aromatic carbocycles. The molecule has 0 aromatic heterocycles. The molecule has 0 fully saturated rings. The van der Waals surface area contributed by atoms with Gasteiger partial charge < -0.3 is 25.2 Å². The predicted molar refractivity (Wildman–Crippen MR) is 118 cm³/mol. The summed E-state index contributed by atoms with van der Waals surface area (Å²) in [7, 11) is -3.21. The third-order valence-electron chi connectivity index (χ3n) is 6.93. The molecule has 11 nitrogen and oxygen atoms in total. The van der Waals surface area contributed by atoms with Crippen molar-refractivity contribution in [2.75, 3.05) is 14.1 Å². The van der Waals surface area contributed by atoms with Crippen LogP contribution >= 0.6 is 0 Å². The molecular formula is C22H21F3N2O9S. The molecule has 0 saturated carbocycles. The van der Waals surface area contributed by atoms with Crippen molar-refractivity contribution in [3.05, 3.63) is 52.0 Å². The van der Waals surface area contributed by atoms with Gasteiger partial charge in [-0.2, -0.15) is 21.6 Å². The average Bonchev–Trinajstić information content (AvgIpc) is 2.75. The maximum atomic E-state index is 13.5. The van der Waals surface area contributed by atoms with E-state index < -0.39 is 90.6 Å². The fourth-order valence-corrected chi connectivity index (χ4v) is 5.88. The van der Waals surface area contributed by atoms with Gasteiger partial charge in [0.25, 0.3) is 5.91 Å². The number of likely N-dealkylation sites (N-methyl/N-ethyl adjacent to an activating group) is 1. The summed E-state index contributed by atoms with van der Waals surface area (Å²) in [6, 6.07) is 2.17. The Balaban J connectivity index is 1.91. The van der Waals surface area contributed by atoms with E-state index in [1.807, 2.05) is 0 Å². The van der Waals surface area contributed by atoms with Crippen LogP contribution in [0.4, 0.5) is 13.2 Å². The third kappa shape index (κ3) is 3.71. The first-order valence-corrected chi connectivity index (χ1v) is 12.1. The lowest BCUT2D eigenvalue weighted by Gasteiger charge is -2.50. The molecule has 4 rings (SSSR count). The maximum absolute atomic E-state index is 13.5. The molecule has 0 saturated heterocycles. The molecule has 4 atom stereocenters. The van der Waals surface area contributed by atoms with Gasteiger partial charge >= 0.3 is 15.6 Å². The number of carbonyl (C=O) groups excluding carboxylic acids is 3. The fraction of sp³-hybridized carbons (Fsp3) is 0.409. The number of alkyl halides is 3. The van der Waals surface area contributed by atoms with Crippen LogP contribution in [0.5, 0.6) is 5.75 Å². The second-order valence-corrected chi connectivity index (χ2v) is 10.8. The number of primary amides is 1. The summed E-state index contributed by atoms with van der Waals surface area (Å²) in [4.78, 5) is 40.0. The Labute approximate surface area is 207 Å². The van der Waals surface area contributed by atoms with Crippen LogP contribution in [-0.4, -0.2) is 77.4 Å². The SMILES string of the molecule is CN(C)[C@@H]1C(O)=C(C(N)=O)C(=O)[C@@]2(O)C(O)=C3C(=O)c4c(cccc4OS(=O)(=O)C(F)(F)F)CC3CC12. The number of benzene rings is 1. The summed E-state index contributed by atoms with van der Waals surface area (Å²) < 4.78 is 66.1. The molecule has 0 radical (unpaired) electrons. The van der Waals surface area contributed by atoms with E-state index in [1.165, 1.54) is 31.1 Å². The van der Waals surface area contributed by atoms with Gasteiger partial charge in [-0.15, -0.1) is 0 Å². The first-order valence-electron chi connectivity index (χ1n) is 10.7. The molecule has 3 aliphatic rings. The van der Waals surface area contributed by atoms with Crippen LogP contribution in [0.3, 0.4) is 0 Å². The highest BCUT2D eigenvalue weighted by Gasteiger charge is 2.63. The molecule has 37 heavy (non-hydrogen) atoms. The summed E-state index contributed by atoms with van der Waals surface area (Å²) >= 11 is 0. The standard InChI is InChI=1S/C22H21F3N2O9S/c1-27(2)15-10-7-9-6-8-4-3-5-11(36-37(34,35)22(23,24)25)12(8)16(28)13(9)18(30)21(10,33)19(31)14(17(15)29)20(26)32/h3-5,9-10,15,29-30,33H,6-7H2,1-2H3,(H2,26,32)/t9?,10?,15-,21-/m0/s1. The molecule has 15 heteroatoms. The number of hydrogen-bond acceptors (Lipinski definition) is 10. The summed E-state index contributed by atoms with van der Waals surface area (Å²) in [5, 5.41) is 33.3. The van der Waals surface area contributed by atoms with Crippen molar-refractivity contribution in [1.82, 2.24) is 4.90 Å². The molecule has 0 heterocycles. The van der Waals surface area contributed by atoms with E-state index in [4.69, 9.17) is 5.73 Å². The highest BCUT2D eigenvalue weighted by Crippen LogP contribution is 2.52. The Morgan fingerprint density at radius 3 is 2.38 bits per heavy atom. The van der Waals surface area contributed by atoms with Crippen LogP contribution in [0.15, 0.2) is 40.9 Å². The lowest BCUT2D eigenvalue weighted by atomic mass is 9.58. The minimum Gasteiger partial charge on any atom is -0.510 e. The number of aliphatic hydroxyl groups is 3. The zero-order valence-corrected chi connectivity index (χ0v) is 20.1. The highest BCUT2D eigenvalue weighted by atomic mass is 32.2. The largest absolute Gasteiger partial charge is 0.534 e. The van der Waals surface area contributed by atoms with E-state index in [-0.39, 0.29) is 18.4 Å². The second kappa shape index (κ2) is 8.29. The Bertz CT molecular complexity index is 1410. The molecule has 5 N–H and O–H groups in total. The summed E-state index contributed by atoms with van der Waals surface area (Å²) in [5.74, 6) is -9.00. The lowest BCUT2D eigenvalue weighted by molar-refractivity contribution is -0.148. The van der Waals surface area contributed by atoms with Gasteiger partial charge in [0.15, 0.2) is 17.1 Å². The number of nitrogens with two attached hydrogens (primary N) is 1. The first-order chi connectivity index (χ1) is 16.9. The number of Topliss-reactive ketones (excluding diaryl/α,β-unsaturated/α-hetero) is 2. The van der Waals surface area contributed by atoms with Crippen molar-refractivity contribution < 1.29 is 55.5 Å². The van der Waals surface area contributed by atoms with E-state index >= 15 is 0 Å². The molecule has 0 bridgehead atoms. The van der Waals surface area contributed by atoms with Crippen molar-refractivity contribution in [2.45, 2.75) is 30.0 Å². The summed E-state index contributed by atoms with van der Waals surface area (Å²) in [5.41, 5.74) is -5.48. The average molecular weight is 546 g/mol. The van der Waals surface area contributed by atoms with Gasteiger partial charge in [0.05, 0.1) is 11.6 Å². The van der Waals surface area contributed by atoms with Crippen LogP contribution in [0.25, 0.3) is 0 Å². The van der Waals surface area contributed by atoms with E-state index in [9.17, 15) is 51.3 Å². The smallest absolute Gasteiger partial charge is 0.510 e. The topological polar surface area (TPSA) is 185 Å². The van der Waals surface area contributed by atoms with Crippen molar-refractivity contribution in [3.63, 3.8) is 0 Å². The van der Waals surface area contributed by atoms with Crippen LogP contribution in [-0.2, 0) is 26.1 Å². The van der Waals surface area contributed by atoms with Crippen molar-refractivity contribution in [2.24, 2.45) is 17.6 Å². The highest BCUT2D eigenvalue weighted by molar-refractivity contribution is 7.88. The van der Waals surface area contributed by atoms with Gasteiger partial charge in [0.1, 0.15) is 17.1 Å². The number of ketones is 2. The van der Waals surface area contributed by atoms with Gasteiger partial charge in [-0.3, -0.25) is 19.3 Å². The number of nitrogens with zero attached hydrogens (tertiary/aromatic N) is 1. The van der Waals surface area contributed by atoms with Crippen molar-refractivity contribution in [3.8, 4) is 5.75 Å². The van der Waals surface area contributed by atoms with Gasteiger partial charge in [-0.05, 0) is 44.5 Å². The Morgan fingerprint density at radius 1 is 1.22 bits per heavy atom. The number of aliphatic hydroxyl groups excluding tert-OH is 2. The Morgan fingerprint density at radius 2 is 1.84 bits per heavy atom. The molecule has 1 aromatic rings.